The van der Waals surface area contributed by atoms with Crippen molar-refractivity contribution in [2.75, 3.05) is 39.4 Å². The number of aliphatic hydroxyl groups excluding tert-OH is 1. The molecule has 4 heteroatoms. The number of ether oxygens (including phenoxy) is 1. The van der Waals surface area contributed by atoms with Gasteiger partial charge in [-0.05, 0) is 12.5 Å². The number of aliphatic hydroxyl groups is 1. The molecule has 1 N–H and O–H groups in total. The Hall–Kier alpha value is -0.940. The molecule has 110 valence electrons. The van der Waals surface area contributed by atoms with Gasteiger partial charge in [-0.25, -0.2) is 0 Å². The largest absolute Gasteiger partial charge is 0.390 e. The third kappa shape index (κ3) is 3.20. The van der Waals surface area contributed by atoms with Crippen molar-refractivity contribution in [3.05, 3.63) is 35.4 Å². The second kappa shape index (κ2) is 6.22. The average molecular weight is 276 g/mol. The number of aryl methyl sites for hydroxylation is 1. The van der Waals surface area contributed by atoms with E-state index in [1.807, 2.05) is 0 Å². The predicted octanol–water partition coefficient (Wildman–Crippen LogP) is 0.872. The fourth-order valence-electron chi connectivity index (χ4n) is 3.20. The van der Waals surface area contributed by atoms with Crippen LogP contribution in [0.3, 0.4) is 0 Å². The molecular formula is C16H24N2O2. The molecule has 0 unspecified atom stereocenters. The molecule has 3 rings (SSSR count). The summed E-state index contributed by atoms with van der Waals surface area (Å²) in [6.45, 7) is 8.24. The number of morpholine rings is 1. The maximum Gasteiger partial charge on any atom is 0.0834 e. The van der Waals surface area contributed by atoms with Crippen LogP contribution in [-0.2, 0) is 11.3 Å². The van der Waals surface area contributed by atoms with Crippen molar-refractivity contribution in [1.82, 2.24) is 9.80 Å². The maximum atomic E-state index is 10.3. The minimum atomic E-state index is -0.237. The van der Waals surface area contributed by atoms with Gasteiger partial charge in [-0.3, -0.25) is 9.80 Å². The van der Waals surface area contributed by atoms with Crippen LogP contribution in [0.25, 0.3) is 0 Å². The second-order valence-corrected chi connectivity index (χ2v) is 5.96. The average Bonchev–Trinajstić information content (AvgIpc) is 2.83. The van der Waals surface area contributed by atoms with Crippen LogP contribution >= 0.6 is 0 Å². The molecule has 2 aliphatic heterocycles. The molecule has 20 heavy (non-hydrogen) atoms. The van der Waals surface area contributed by atoms with Gasteiger partial charge in [-0.1, -0.05) is 29.8 Å². The molecule has 0 saturated carbocycles. The summed E-state index contributed by atoms with van der Waals surface area (Å²) in [6.07, 6.45) is -0.237. The number of likely N-dealkylation sites (tertiary alicyclic amines) is 1. The third-order valence-corrected chi connectivity index (χ3v) is 4.38. The van der Waals surface area contributed by atoms with Crippen molar-refractivity contribution in [3.8, 4) is 0 Å². The lowest BCUT2D eigenvalue weighted by Gasteiger charge is -2.33. The molecule has 1 aromatic rings. The van der Waals surface area contributed by atoms with Gasteiger partial charge in [0.15, 0.2) is 0 Å². The highest BCUT2D eigenvalue weighted by Gasteiger charge is 2.35. The van der Waals surface area contributed by atoms with E-state index in [1.165, 1.54) is 11.1 Å². The van der Waals surface area contributed by atoms with Crippen molar-refractivity contribution < 1.29 is 9.84 Å². The number of nitrogens with zero attached hydrogens (tertiary/aromatic N) is 2. The summed E-state index contributed by atoms with van der Waals surface area (Å²) < 4.78 is 5.39. The normalized spacial score (nSPS) is 28.9. The zero-order valence-corrected chi connectivity index (χ0v) is 12.2. The van der Waals surface area contributed by atoms with Gasteiger partial charge in [-0.2, -0.15) is 0 Å². The van der Waals surface area contributed by atoms with Crippen LogP contribution < -0.4 is 0 Å². The van der Waals surface area contributed by atoms with Crippen LogP contribution in [0, 0.1) is 6.92 Å². The van der Waals surface area contributed by atoms with Gasteiger partial charge in [-0.15, -0.1) is 0 Å². The van der Waals surface area contributed by atoms with Crippen molar-refractivity contribution in [3.63, 3.8) is 0 Å². The summed E-state index contributed by atoms with van der Waals surface area (Å²) >= 11 is 0. The summed E-state index contributed by atoms with van der Waals surface area (Å²) in [5.41, 5.74) is 2.62. The van der Waals surface area contributed by atoms with E-state index < -0.39 is 0 Å². The lowest BCUT2D eigenvalue weighted by molar-refractivity contribution is -0.00618. The zero-order valence-electron chi connectivity index (χ0n) is 12.2. The summed E-state index contributed by atoms with van der Waals surface area (Å²) in [4.78, 5) is 4.73. The van der Waals surface area contributed by atoms with Crippen molar-refractivity contribution >= 4 is 0 Å². The molecular weight excluding hydrogens is 252 g/mol. The van der Waals surface area contributed by atoms with E-state index in [2.05, 4.69) is 41.0 Å². The number of rotatable bonds is 3. The molecule has 0 aliphatic carbocycles. The SMILES string of the molecule is Cc1ccc(CN2C[C@H](O)[C@@H](N3CCOCC3)C2)cc1. The van der Waals surface area contributed by atoms with Crippen molar-refractivity contribution in [2.24, 2.45) is 0 Å². The highest BCUT2D eigenvalue weighted by Crippen LogP contribution is 2.20. The van der Waals surface area contributed by atoms with E-state index in [0.717, 1.165) is 45.9 Å². The molecule has 2 fully saturated rings. The summed E-state index contributed by atoms with van der Waals surface area (Å²) in [5, 5.41) is 10.3. The first-order valence-corrected chi connectivity index (χ1v) is 7.50. The van der Waals surface area contributed by atoms with Gasteiger partial charge < -0.3 is 9.84 Å². The fraction of sp³-hybridized carbons (Fsp3) is 0.625. The zero-order chi connectivity index (χ0) is 13.9. The molecule has 2 aliphatic rings. The van der Waals surface area contributed by atoms with Crippen LogP contribution in [0.4, 0.5) is 0 Å². The highest BCUT2D eigenvalue weighted by molar-refractivity contribution is 5.21. The third-order valence-electron chi connectivity index (χ3n) is 4.38. The van der Waals surface area contributed by atoms with E-state index >= 15 is 0 Å². The molecule has 4 nitrogen and oxygen atoms in total. The van der Waals surface area contributed by atoms with Gasteiger partial charge in [0.2, 0.25) is 0 Å². The Morgan fingerprint density at radius 3 is 2.55 bits per heavy atom. The molecule has 2 atom stereocenters. The minimum absolute atomic E-state index is 0.237. The monoisotopic (exact) mass is 276 g/mol. The summed E-state index contributed by atoms with van der Waals surface area (Å²) in [7, 11) is 0. The second-order valence-electron chi connectivity index (χ2n) is 5.96. The lowest BCUT2D eigenvalue weighted by Crippen LogP contribution is -2.48. The Morgan fingerprint density at radius 2 is 1.85 bits per heavy atom. The van der Waals surface area contributed by atoms with E-state index in [9.17, 15) is 5.11 Å². The van der Waals surface area contributed by atoms with Crippen LogP contribution in [0.2, 0.25) is 0 Å². The quantitative estimate of drug-likeness (QED) is 0.889. The smallest absolute Gasteiger partial charge is 0.0834 e. The predicted molar refractivity (Wildman–Crippen MR) is 78.6 cm³/mol. The lowest BCUT2D eigenvalue weighted by atomic mass is 10.1. The molecule has 2 saturated heterocycles. The van der Waals surface area contributed by atoms with Crippen molar-refractivity contribution in [1.29, 1.82) is 0 Å². The minimum Gasteiger partial charge on any atom is -0.390 e. The van der Waals surface area contributed by atoms with Crippen LogP contribution in [0.5, 0.6) is 0 Å². The number of benzene rings is 1. The number of hydrogen-bond donors (Lipinski definition) is 1. The molecule has 0 bridgehead atoms. The number of β-amino-alcohol motifs (C(OH)–C–C–N with tert-alkyl or cyclic N) is 1. The van der Waals surface area contributed by atoms with Gasteiger partial charge in [0, 0.05) is 38.8 Å². The van der Waals surface area contributed by atoms with Gasteiger partial charge in [0.1, 0.15) is 0 Å². The Bertz CT molecular complexity index is 429. The van der Waals surface area contributed by atoms with E-state index in [4.69, 9.17) is 4.74 Å². The van der Waals surface area contributed by atoms with Crippen molar-refractivity contribution in [2.45, 2.75) is 25.6 Å². The summed E-state index contributed by atoms with van der Waals surface area (Å²) in [5.74, 6) is 0. The van der Waals surface area contributed by atoms with Gasteiger partial charge in [0.05, 0.1) is 19.3 Å². The molecule has 1 aromatic carbocycles. The first-order valence-electron chi connectivity index (χ1n) is 7.50. The first kappa shape index (κ1) is 14.0. The van der Waals surface area contributed by atoms with Gasteiger partial charge in [0.25, 0.3) is 0 Å². The summed E-state index contributed by atoms with van der Waals surface area (Å²) in [6, 6.07) is 8.94. The van der Waals surface area contributed by atoms with E-state index in [0.29, 0.717) is 0 Å². The molecule has 0 aromatic heterocycles. The Labute approximate surface area is 120 Å². The van der Waals surface area contributed by atoms with Crippen LogP contribution in [0.1, 0.15) is 11.1 Å². The fourth-order valence-corrected chi connectivity index (χ4v) is 3.20. The van der Waals surface area contributed by atoms with E-state index in [-0.39, 0.29) is 12.1 Å². The Balaban J connectivity index is 1.58. The van der Waals surface area contributed by atoms with E-state index in [1.54, 1.807) is 0 Å². The standard InChI is InChI=1S/C16H24N2O2/c1-13-2-4-14(5-3-13)10-17-11-15(16(19)12-17)18-6-8-20-9-7-18/h2-5,15-16,19H,6-12H2,1H3/t15-,16-/m0/s1. The molecule has 2 heterocycles. The first-order chi connectivity index (χ1) is 9.72. The molecule has 0 amide bonds. The number of hydrogen-bond acceptors (Lipinski definition) is 4. The molecule has 0 spiro atoms. The van der Waals surface area contributed by atoms with Gasteiger partial charge >= 0.3 is 0 Å². The molecule has 0 radical (unpaired) electrons. The van der Waals surface area contributed by atoms with Crippen LogP contribution in [0.15, 0.2) is 24.3 Å². The van der Waals surface area contributed by atoms with Crippen LogP contribution in [-0.4, -0.2) is 66.4 Å². The Kier molecular flexibility index (Phi) is 4.36. The maximum absolute atomic E-state index is 10.3. The Morgan fingerprint density at radius 1 is 1.15 bits per heavy atom. The highest BCUT2D eigenvalue weighted by atomic mass is 16.5. The topological polar surface area (TPSA) is 35.9 Å².